The number of halogens is 4. The number of rotatable bonds is 2. The van der Waals surface area contributed by atoms with Crippen molar-refractivity contribution in [1.82, 2.24) is 24.2 Å². The first kappa shape index (κ1) is 23.6. The zero-order valence-corrected chi connectivity index (χ0v) is 18.9. The molecule has 3 aromatic rings. The first-order chi connectivity index (χ1) is 15.8. The first-order valence-electron chi connectivity index (χ1n) is 10.5. The molecule has 1 aliphatic rings. The van der Waals surface area contributed by atoms with Gasteiger partial charge in [0.25, 0.3) is 0 Å². The average Bonchev–Trinajstić information content (AvgIpc) is 3.29. The third-order valence-electron chi connectivity index (χ3n) is 5.45. The molecule has 182 valence electrons. The Morgan fingerprint density at radius 2 is 1.94 bits per heavy atom. The van der Waals surface area contributed by atoms with Gasteiger partial charge in [0.2, 0.25) is 0 Å². The van der Waals surface area contributed by atoms with E-state index in [0.717, 1.165) is 6.07 Å². The second-order valence-electron chi connectivity index (χ2n) is 8.99. The summed E-state index contributed by atoms with van der Waals surface area (Å²) in [5.41, 5.74) is -1.82. The Labute approximate surface area is 191 Å². The highest BCUT2D eigenvalue weighted by atomic mass is 19.4. The van der Waals surface area contributed by atoms with E-state index < -0.39 is 41.0 Å². The lowest BCUT2D eigenvalue weighted by Gasteiger charge is -2.34. The molecule has 0 spiro atoms. The van der Waals surface area contributed by atoms with Gasteiger partial charge in [-0.25, -0.2) is 18.7 Å². The number of alkyl halides is 3. The van der Waals surface area contributed by atoms with Crippen molar-refractivity contribution in [2.75, 3.05) is 6.54 Å². The van der Waals surface area contributed by atoms with Crippen LogP contribution in [0, 0.1) is 5.82 Å². The number of carbonyl (C=O) groups excluding carboxylic acids is 1. The molecule has 0 aliphatic carbocycles. The molecule has 0 fully saturated rings. The molecule has 1 aliphatic heterocycles. The Bertz CT molecular complexity index is 1300. The number of ether oxygens (including phenoxy) is 1. The molecule has 34 heavy (non-hydrogen) atoms. The zero-order valence-electron chi connectivity index (χ0n) is 18.9. The number of nitrogens with zero attached hydrogens (tertiary/aromatic N) is 4. The quantitative estimate of drug-likeness (QED) is 0.551. The molecule has 1 N–H and O–H groups in total. The molecule has 1 amide bonds. The molecule has 3 heterocycles. The summed E-state index contributed by atoms with van der Waals surface area (Å²) in [4.78, 5) is 29.3. The van der Waals surface area contributed by atoms with E-state index in [2.05, 4.69) is 10.1 Å². The lowest BCUT2D eigenvalue weighted by atomic mass is 10.00. The van der Waals surface area contributed by atoms with Crippen LogP contribution in [0.1, 0.15) is 50.6 Å². The molecular weight excluding hydrogens is 458 g/mol. The van der Waals surface area contributed by atoms with Gasteiger partial charge in [0.05, 0.1) is 23.0 Å². The fourth-order valence-corrected chi connectivity index (χ4v) is 3.98. The van der Waals surface area contributed by atoms with Gasteiger partial charge in [-0.05, 0) is 45.9 Å². The summed E-state index contributed by atoms with van der Waals surface area (Å²) in [6, 6.07) is 1.90. The van der Waals surface area contributed by atoms with Crippen molar-refractivity contribution >= 4 is 6.09 Å². The summed E-state index contributed by atoms with van der Waals surface area (Å²) >= 11 is 0. The molecule has 0 bridgehead atoms. The predicted molar refractivity (Wildman–Crippen MR) is 114 cm³/mol. The van der Waals surface area contributed by atoms with E-state index in [1.807, 2.05) is 0 Å². The fourth-order valence-electron chi connectivity index (χ4n) is 3.98. The highest BCUT2D eigenvalue weighted by Crippen LogP contribution is 2.37. The smallest absolute Gasteiger partial charge is 0.419 e. The highest BCUT2D eigenvalue weighted by Gasteiger charge is 2.38. The topological polar surface area (TPSA) is 85.2 Å². The largest absolute Gasteiger partial charge is 0.444 e. The number of carbonyl (C=O) groups is 1. The lowest BCUT2D eigenvalue weighted by molar-refractivity contribution is -0.140. The highest BCUT2D eigenvalue weighted by molar-refractivity contribution is 5.70. The summed E-state index contributed by atoms with van der Waals surface area (Å²) in [6.45, 7) is 7.20. The minimum atomic E-state index is -4.92. The first-order valence-corrected chi connectivity index (χ1v) is 10.5. The number of benzene rings is 1. The maximum Gasteiger partial charge on any atom is 0.419 e. The number of nitrogens with one attached hydrogen (secondary N) is 1. The molecule has 2 aromatic heterocycles. The van der Waals surface area contributed by atoms with E-state index >= 15 is 0 Å². The molecular formula is C22H23F4N5O3. The van der Waals surface area contributed by atoms with Gasteiger partial charge in [-0.1, -0.05) is 0 Å². The van der Waals surface area contributed by atoms with Crippen LogP contribution in [0.4, 0.5) is 22.4 Å². The van der Waals surface area contributed by atoms with Gasteiger partial charge in [0.15, 0.2) is 0 Å². The van der Waals surface area contributed by atoms with Crippen molar-refractivity contribution in [1.29, 1.82) is 0 Å². The Kier molecular flexibility index (Phi) is 5.57. The third-order valence-corrected chi connectivity index (χ3v) is 5.45. The molecule has 8 nitrogen and oxygen atoms in total. The van der Waals surface area contributed by atoms with Crippen molar-refractivity contribution in [3.63, 3.8) is 0 Å². The van der Waals surface area contributed by atoms with E-state index in [1.165, 1.54) is 26.5 Å². The van der Waals surface area contributed by atoms with E-state index in [0.29, 0.717) is 23.4 Å². The van der Waals surface area contributed by atoms with Crippen molar-refractivity contribution in [2.45, 2.75) is 51.9 Å². The van der Waals surface area contributed by atoms with E-state index in [-0.39, 0.29) is 24.5 Å². The monoisotopic (exact) mass is 481 g/mol. The van der Waals surface area contributed by atoms with E-state index in [9.17, 15) is 27.2 Å². The number of aromatic amines is 1. The number of aromatic nitrogens is 4. The molecule has 0 unspecified atom stereocenters. The van der Waals surface area contributed by atoms with Gasteiger partial charge >= 0.3 is 18.0 Å². The summed E-state index contributed by atoms with van der Waals surface area (Å²) in [6.07, 6.45) is -2.42. The number of hydrogen-bond donors (Lipinski definition) is 1. The van der Waals surface area contributed by atoms with Gasteiger partial charge in [-0.3, -0.25) is 4.57 Å². The summed E-state index contributed by atoms with van der Waals surface area (Å²) < 4.78 is 61.8. The second-order valence-corrected chi connectivity index (χ2v) is 8.99. The van der Waals surface area contributed by atoms with Crippen LogP contribution in [-0.4, -0.2) is 42.5 Å². The number of H-pyrrole nitrogens is 1. The number of hydrogen-bond acceptors (Lipinski definition) is 4. The Balaban J connectivity index is 1.90. The maximum atomic E-state index is 13.9. The number of imidazole rings is 1. The predicted octanol–water partition coefficient (Wildman–Crippen LogP) is 4.36. The SMILES string of the molecule is C[C@H]1c2c(nn(-c3ccc(F)c(C(F)(F)F)c3)c2-n2cc[nH]c2=O)CCN1C(=O)OC(C)(C)C. The van der Waals surface area contributed by atoms with Crippen LogP contribution in [0.3, 0.4) is 0 Å². The van der Waals surface area contributed by atoms with Crippen LogP contribution >= 0.6 is 0 Å². The van der Waals surface area contributed by atoms with Gasteiger partial charge in [-0.15, -0.1) is 0 Å². The van der Waals surface area contributed by atoms with Gasteiger partial charge < -0.3 is 14.6 Å². The lowest BCUT2D eigenvalue weighted by Crippen LogP contribution is -2.42. The van der Waals surface area contributed by atoms with E-state index in [4.69, 9.17) is 4.74 Å². The maximum absolute atomic E-state index is 13.9. The molecule has 0 radical (unpaired) electrons. The standard InChI is InChI=1S/C22H23F4N5O3/c1-12-17-16(7-9-29(12)20(33)34-21(2,3)4)28-31(18(17)30-10-8-27-19(30)32)13-5-6-15(23)14(11-13)22(24,25)26/h5-6,8,10-12H,7,9H2,1-4H3,(H,27,32)/t12-/m0/s1. The van der Waals surface area contributed by atoms with Crippen LogP contribution in [-0.2, 0) is 17.3 Å². The minimum absolute atomic E-state index is 0.0813. The van der Waals surface area contributed by atoms with Crippen molar-refractivity contribution in [2.24, 2.45) is 0 Å². The van der Waals surface area contributed by atoms with Gasteiger partial charge in [-0.2, -0.15) is 18.3 Å². The Morgan fingerprint density at radius 3 is 2.53 bits per heavy atom. The summed E-state index contributed by atoms with van der Waals surface area (Å²) in [5, 5.41) is 4.46. The number of amides is 1. The molecule has 0 saturated heterocycles. The number of fused-ring (bicyclic) bond motifs is 1. The molecule has 1 aromatic carbocycles. The molecule has 4 rings (SSSR count). The van der Waals surface area contributed by atoms with Crippen LogP contribution in [0.15, 0.2) is 35.4 Å². The van der Waals surface area contributed by atoms with Crippen molar-refractivity contribution < 1.29 is 27.1 Å². The normalized spacial score (nSPS) is 16.5. The Morgan fingerprint density at radius 1 is 1.24 bits per heavy atom. The van der Waals surface area contributed by atoms with Crippen LogP contribution in [0.25, 0.3) is 11.5 Å². The second kappa shape index (κ2) is 8.03. The molecule has 1 atom stereocenters. The summed E-state index contributed by atoms with van der Waals surface area (Å²) in [7, 11) is 0. The zero-order chi connectivity index (χ0) is 25.0. The van der Waals surface area contributed by atoms with Crippen LogP contribution in [0.2, 0.25) is 0 Å². The van der Waals surface area contributed by atoms with Gasteiger partial charge in [0, 0.05) is 30.9 Å². The average molecular weight is 481 g/mol. The van der Waals surface area contributed by atoms with Crippen molar-refractivity contribution in [3.05, 3.63) is 63.7 Å². The minimum Gasteiger partial charge on any atom is -0.444 e. The van der Waals surface area contributed by atoms with Gasteiger partial charge in [0.1, 0.15) is 17.2 Å². The third kappa shape index (κ3) is 4.19. The van der Waals surface area contributed by atoms with E-state index in [1.54, 1.807) is 27.7 Å². The molecule has 12 heteroatoms. The summed E-state index contributed by atoms with van der Waals surface area (Å²) in [5.74, 6) is -1.26. The fraction of sp³-hybridized carbons (Fsp3) is 0.409. The van der Waals surface area contributed by atoms with Crippen LogP contribution < -0.4 is 5.69 Å². The molecule has 0 saturated carbocycles. The Hall–Kier alpha value is -3.57. The van der Waals surface area contributed by atoms with Crippen molar-refractivity contribution in [3.8, 4) is 11.5 Å². The van der Waals surface area contributed by atoms with Crippen LogP contribution in [0.5, 0.6) is 0 Å².